The fourth-order valence-corrected chi connectivity index (χ4v) is 5.50. The van der Waals surface area contributed by atoms with Crippen LogP contribution in [0.4, 0.5) is 4.79 Å². The Kier molecular flexibility index (Phi) is 7.72. The molecule has 0 aromatic heterocycles. The maximum Gasteiger partial charge on any atom is 0.333 e. The Morgan fingerprint density at radius 2 is 1.32 bits per heavy atom. The molecule has 31 heavy (non-hydrogen) atoms. The molecule has 2 aliphatic heterocycles. The van der Waals surface area contributed by atoms with E-state index in [0.29, 0.717) is 6.54 Å². The topological polar surface area (TPSA) is 85.3 Å². The van der Waals surface area contributed by atoms with Crippen LogP contribution >= 0.6 is 0 Å². The minimum absolute atomic E-state index is 0.0790. The van der Waals surface area contributed by atoms with Crippen molar-refractivity contribution in [3.63, 3.8) is 0 Å². The molecule has 0 atom stereocenters. The van der Waals surface area contributed by atoms with Crippen LogP contribution in [0.5, 0.6) is 0 Å². The van der Waals surface area contributed by atoms with Gasteiger partial charge >= 0.3 is 6.03 Å². The highest BCUT2D eigenvalue weighted by molar-refractivity contribution is 6.23. The maximum absolute atomic E-state index is 13.4. The summed E-state index contributed by atoms with van der Waals surface area (Å²) >= 11 is 0. The van der Waals surface area contributed by atoms with Crippen molar-refractivity contribution in [1.82, 2.24) is 20.0 Å². The molecule has 4 fully saturated rings. The first kappa shape index (κ1) is 22.4. The molecular weight excluding hydrogens is 394 g/mol. The summed E-state index contributed by atoms with van der Waals surface area (Å²) in [6, 6.07) is -0.534. The molecule has 2 heterocycles. The molecule has 2 saturated carbocycles. The molecule has 4 amide bonds. The smallest absolute Gasteiger partial charge is 0.314 e. The quantitative estimate of drug-likeness (QED) is 0.514. The zero-order valence-corrected chi connectivity index (χ0v) is 18.6. The van der Waals surface area contributed by atoms with Gasteiger partial charge in [-0.05, 0) is 25.7 Å². The van der Waals surface area contributed by atoms with Gasteiger partial charge in [-0.1, -0.05) is 38.5 Å². The lowest BCUT2D eigenvalue weighted by Gasteiger charge is -2.44. The van der Waals surface area contributed by atoms with Crippen LogP contribution in [0.3, 0.4) is 0 Å². The van der Waals surface area contributed by atoms with E-state index in [9.17, 15) is 14.4 Å². The summed E-state index contributed by atoms with van der Waals surface area (Å²) in [4.78, 5) is 49.7. The fraction of sp³-hybridized carbons (Fsp3) is 0.826. The molecule has 0 aromatic rings. The summed E-state index contributed by atoms with van der Waals surface area (Å²) in [6.45, 7) is 5.35. The van der Waals surface area contributed by atoms with Crippen molar-refractivity contribution < 1.29 is 14.4 Å². The van der Waals surface area contributed by atoms with E-state index < -0.39 is 5.92 Å². The van der Waals surface area contributed by atoms with Crippen LogP contribution in [0.15, 0.2) is 4.99 Å². The van der Waals surface area contributed by atoms with E-state index >= 15 is 0 Å². The summed E-state index contributed by atoms with van der Waals surface area (Å²) in [5, 5.41) is 3.33. The molecule has 0 spiro atoms. The molecule has 2 aliphatic carbocycles. The monoisotopic (exact) mass is 431 g/mol. The van der Waals surface area contributed by atoms with Crippen LogP contribution in [0.1, 0.15) is 64.2 Å². The molecule has 4 aliphatic rings. The third kappa shape index (κ3) is 5.17. The lowest BCUT2D eigenvalue weighted by atomic mass is 9.90. The van der Waals surface area contributed by atoms with Crippen LogP contribution in [0.25, 0.3) is 0 Å². The summed E-state index contributed by atoms with van der Waals surface area (Å²) in [7, 11) is 0. The number of aliphatic imine (C=N–C) groups is 1. The van der Waals surface area contributed by atoms with Gasteiger partial charge in [-0.15, -0.1) is 0 Å². The molecular formula is C23H37N5O3. The SMILES string of the molecule is O=C1C(C=NCCN2CCNCC2)C(=O)N(C2CCCCC2)C(=O)N1C1CCCCC1. The van der Waals surface area contributed by atoms with Crippen molar-refractivity contribution in [3.05, 3.63) is 0 Å². The van der Waals surface area contributed by atoms with Crippen molar-refractivity contribution in [2.45, 2.75) is 76.3 Å². The van der Waals surface area contributed by atoms with Gasteiger partial charge in [-0.3, -0.25) is 29.3 Å². The molecule has 0 bridgehead atoms. The predicted octanol–water partition coefficient (Wildman–Crippen LogP) is 2.03. The Hall–Kier alpha value is -1.80. The molecule has 172 valence electrons. The van der Waals surface area contributed by atoms with E-state index in [0.717, 1.165) is 96.9 Å². The van der Waals surface area contributed by atoms with Gasteiger partial charge in [-0.2, -0.15) is 0 Å². The summed E-state index contributed by atoms with van der Waals surface area (Å²) in [6.07, 6.45) is 11.3. The van der Waals surface area contributed by atoms with Crippen LogP contribution in [-0.4, -0.2) is 90.1 Å². The normalized spacial score (nSPS) is 26.4. The zero-order valence-electron chi connectivity index (χ0n) is 18.6. The highest BCUT2D eigenvalue weighted by Gasteiger charge is 2.49. The third-order valence-corrected chi connectivity index (χ3v) is 7.31. The lowest BCUT2D eigenvalue weighted by molar-refractivity contribution is -0.149. The first-order chi connectivity index (χ1) is 15.2. The van der Waals surface area contributed by atoms with Gasteiger partial charge in [0, 0.05) is 51.0 Å². The number of nitrogens with zero attached hydrogens (tertiary/aromatic N) is 4. The minimum Gasteiger partial charge on any atom is -0.314 e. The second-order valence-electron chi connectivity index (χ2n) is 9.41. The Balaban J connectivity index is 1.49. The average Bonchev–Trinajstić information content (AvgIpc) is 2.80. The van der Waals surface area contributed by atoms with E-state index in [1.165, 1.54) is 16.0 Å². The van der Waals surface area contributed by atoms with Crippen molar-refractivity contribution in [3.8, 4) is 0 Å². The molecule has 0 radical (unpaired) electrons. The van der Waals surface area contributed by atoms with Crippen molar-refractivity contribution >= 4 is 24.1 Å². The van der Waals surface area contributed by atoms with Crippen LogP contribution in [0.2, 0.25) is 0 Å². The number of imide groups is 2. The van der Waals surface area contributed by atoms with Crippen LogP contribution in [-0.2, 0) is 9.59 Å². The van der Waals surface area contributed by atoms with E-state index in [2.05, 4.69) is 15.2 Å². The first-order valence-corrected chi connectivity index (χ1v) is 12.3. The molecule has 0 unspecified atom stereocenters. The van der Waals surface area contributed by atoms with Gasteiger partial charge in [0.2, 0.25) is 11.8 Å². The zero-order chi connectivity index (χ0) is 21.6. The Morgan fingerprint density at radius 3 is 1.84 bits per heavy atom. The van der Waals surface area contributed by atoms with Crippen LogP contribution in [0, 0.1) is 5.92 Å². The number of rotatable bonds is 6. The molecule has 0 aromatic carbocycles. The number of barbiturate groups is 1. The number of amides is 4. The number of carbonyl (C=O) groups excluding carboxylic acids is 3. The second kappa shape index (κ2) is 10.7. The highest BCUT2D eigenvalue weighted by Crippen LogP contribution is 2.32. The first-order valence-electron chi connectivity index (χ1n) is 12.3. The predicted molar refractivity (Wildman–Crippen MR) is 119 cm³/mol. The van der Waals surface area contributed by atoms with E-state index in [1.54, 1.807) is 0 Å². The van der Waals surface area contributed by atoms with Gasteiger partial charge in [0.1, 0.15) is 0 Å². The van der Waals surface area contributed by atoms with E-state index in [4.69, 9.17) is 0 Å². The van der Waals surface area contributed by atoms with Crippen LogP contribution < -0.4 is 5.32 Å². The summed E-state index contributed by atoms with van der Waals surface area (Å²) in [5.41, 5.74) is 0. The molecule has 8 heteroatoms. The third-order valence-electron chi connectivity index (χ3n) is 7.31. The van der Waals surface area contributed by atoms with E-state index in [1.807, 2.05) is 0 Å². The number of hydrogen-bond acceptors (Lipinski definition) is 6. The Bertz CT molecular complexity index is 639. The molecule has 1 N–H and O–H groups in total. The summed E-state index contributed by atoms with van der Waals surface area (Å²) < 4.78 is 0. The van der Waals surface area contributed by atoms with Gasteiger partial charge in [-0.25, -0.2) is 4.79 Å². The highest BCUT2D eigenvalue weighted by atomic mass is 16.2. The molecule has 4 rings (SSSR count). The number of piperazine rings is 1. The maximum atomic E-state index is 13.4. The van der Waals surface area contributed by atoms with Crippen molar-refractivity contribution in [2.24, 2.45) is 10.9 Å². The second-order valence-corrected chi connectivity index (χ2v) is 9.41. The Labute approximate surface area is 185 Å². The number of carbonyl (C=O) groups is 3. The summed E-state index contributed by atoms with van der Waals surface area (Å²) in [5.74, 6) is -1.68. The lowest BCUT2D eigenvalue weighted by Crippen LogP contribution is -2.65. The molecule has 8 nitrogen and oxygen atoms in total. The number of nitrogens with one attached hydrogen (secondary N) is 1. The molecule has 2 saturated heterocycles. The number of hydrogen-bond donors (Lipinski definition) is 1. The van der Waals surface area contributed by atoms with Gasteiger partial charge in [0.25, 0.3) is 0 Å². The van der Waals surface area contributed by atoms with Gasteiger partial charge in [0.05, 0.1) is 6.54 Å². The fourth-order valence-electron chi connectivity index (χ4n) is 5.50. The van der Waals surface area contributed by atoms with Crippen molar-refractivity contribution in [1.29, 1.82) is 0 Å². The number of urea groups is 1. The van der Waals surface area contributed by atoms with Crippen molar-refractivity contribution in [2.75, 3.05) is 39.3 Å². The van der Waals surface area contributed by atoms with E-state index in [-0.39, 0.29) is 29.9 Å². The Morgan fingerprint density at radius 1 is 0.806 bits per heavy atom. The average molecular weight is 432 g/mol. The van der Waals surface area contributed by atoms with Gasteiger partial charge < -0.3 is 5.32 Å². The standard InChI is InChI=1S/C23H37N5O3/c29-21-20(17-25-13-16-26-14-11-24-12-15-26)22(30)28(19-9-5-2-6-10-19)23(31)27(21)18-7-3-1-4-8-18/h17-20,24H,1-16H2. The minimum atomic E-state index is -0.954. The largest absolute Gasteiger partial charge is 0.333 e. The van der Waals surface area contributed by atoms with Gasteiger partial charge in [0.15, 0.2) is 5.92 Å².